The van der Waals surface area contributed by atoms with Crippen molar-refractivity contribution in [1.82, 2.24) is 0 Å². The van der Waals surface area contributed by atoms with Crippen molar-refractivity contribution in [2.75, 3.05) is 0 Å². The second kappa shape index (κ2) is 10.2. The first kappa shape index (κ1) is 27.3. The van der Waals surface area contributed by atoms with Crippen molar-refractivity contribution in [2.45, 2.75) is 49.7 Å². The Kier molecular flexibility index (Phi) is 6.93. The number of carbonyl (C=O) groups is 1. The zero-order valence-electron chi connectivity index (χ0n) is 21.7. The normalized spacial score (nSPS) is 14.4. The van der Waals surface area contributed by atoms with Gasteiger partial charge in [-0.1, -0.05) is 43.2 Å². The number of hydrogen-bond acceptors (Lipinski definition) is 7. The molecule has 206 valence electrons. The minimum Gasteiger partial charge on any atom is -0.505 e. The van der Waals surface area contributed by atoms with Gasteiger partial charge in [-0.3, -0.25) is 0 Å². The van der Waals surface area contributed by atoms with E-state index in [1.54, 1.807) is 17.4 Å². The second-order valence-electron chi connectivity index (χ2n) is 10.1. The van der Waals surface area contributed by atoms with Gasteiger partial charge in [-0.05, 0) is 93.7 Å². The quantitative estimate of drug-likeness (QED) is 0.177. The molecule has 0 spiro atoms. The topological polar surface area (TPSA) is 101 Å². The smallest absolute Gasteiger partial charge is 0.352 e. The maximum Gasteiger partial charge on any atom is 0.352 e. The molecule has 0 aliphatic heterocycles. The van der Waals surface area contributed by atoms with Gasteiger partial charge in [0.15, 0.2) is 5.75 Å². The lowest BCUT2D eigenvalue weighted by atomic mass is 9.89. The molecule has 6 rings (SSSR count). The number of aromatic hydroxyl groups is 1. The Morgan fingerprint density at radius 1 is 1.07 bits per heavy atom. The van der Waals surface area contributed by atoms with E-state index in [1.165, 1.54) is 20.5 Å². The van der Waals surface area contributed by atoms with Crippen molar-refractivity contribution >= 4 is 75.5 Å². The lowest BCUT2D eigenvalue weighted by Gasteiger charge is -2.19. The summed E-state index contributed by atoms with van der Waals surface area (Å²) in [5.41, 5.74) is 3.64. The van der Waals surface area contributed by atoms with Crippen LogP contribution in [0.1, 0.15) is 58.0 Å². The Bertz CT molecular complexity index is 1930. The molecule has 0 amide bonds. The summed E-state index contributed by atoms with van der Waals surface area (Å²) in [7, 11) is -4.46. The second-order valence-corrected chi connectivity index (χ2v) is 14.7. The maximum absolute atomic E-state index is 13.2. The number of thiophene rings is 2. The molecule has 0 unspecified atom stereocenters. The van der Waals surface area contributed by atoms with Gasteiger partial charge >= 0.3 is 16.1 Å². The monoisotopic (exact) mass is 656 g/mol. The number of hydrogen-bond donors (Lipinski definition) is 2. The van der Waals surface area contributed by atoms with E-state index >= 15 is 0 Å². The Morgan fingerprint density at radius 3 is 2.45 bits per heavy atom. The van der Waals surface area contributed by atoms with Crippen molar-refractivity contribution in [3.63, 3.8) is 0 Å². The number of aromatic carboxylic acids is 1. The molecule has 1 aliphatic rings. The zero-order chi connectivity index (χ0) is 28.3. The van der Waals surface area contributed by atoms with Gasteiger partial charge in [-0.25, -0.2) is 4.79 Å². The third-order valence-electron chi connectivity index (χ3n) is 7.75. The van der Waals surface area contributed by atoms with Crippen LogP contribution in [0.25, 0.3) is 32.0 Å². The highest BCUT2D eigenvalue weighted by molar-refractivity contribution is 9.11. The average molecular weight is 658 g/mol. The Morgan fingerprint density at radius 2 is 1.77 bits per heavy atom. The number of benzene rings is 3. The van der Waals surface area contributed by atoms with Gasteiger partial charge in [0, 0.05) is 20.1 Å². The van der Waals surface area contributed by atoms with E-state index in [2.05, 4.69) is 48.0 Å². The average Bonchev–Trinajstić information content (AvgIpc) is 3.66. The molecule has 3 aromatic carbocycles. The molecule has 0 saturated heterocycles. The van der Waals surface area contributed by atoms with Crippen molar-refractivity contribution in [3.8, 4) is 22.6 Å². The van der Waals surface area contributed by atoms with Crippen LogP contribution >= 0.6 is 38.6 Å². The summed E-state index contributed by atoms with van der Waals surface area (Å²) in [6.07, 6.45) is 3.92. The molecule has 5 aromatic rings. The van der Waals surface area contributed by atoms with Crippen LogP contribution in [0.3, 0.4) is 0 Å². The highest BCUT2D eigenvalue weighted by Gasteiger charge is 2.31. The van der Waals surface area contributed by atoms with Gasteiger partial charge in [-0.2, -0.15) is 8.42 Å². The summed E-state index contributed by atoms with van der Waals surface area (Å²) in [5, 5.41) is 24.1. The van der Waals surface area contributed by atoms with Crippen LogP contribution in [-0.2, 0) is 10.1 Å². The molecule has 1 fully saturated rings. The zero-order valence-corrected chi connectivity index (χ0v) is 25.7. The molecule has 0 bridgehead atoms. The number of aryl methyl sites for hydroxylation is 2. The van der Waals surface area contributed by atoms with Crippen molar-refractivity contribution in [2.24, 2.45) is 0 Å². The van der Waals surface area contributed by atoms with E-state index in [-0.39, 0.29) is 11.7 Å². The molecular weight excluding hydrogens is 632 g/mol. The fraction of sp³-hybridized carbons (Fsp3) is 0.233. The Balaban J connectivity index is 1.55. The van der Waals surface area contributed by atoms with E-state index in [0.717, 1.165) is 63.0 Å². The van der Waals surface area contributed by atoms with Gasteiger partial charge in [0.1, 0.15) is 11.3 Å². The lowest BCUT2D eigenvalue weighted by Crippen LogP contribution is -2.11. The molecule has 2 aromatic heterocycles. The Hall–Kier alpha value is -2.92. The van der Waals surface area contributed by atoms with Gasteiger partial charge in [0.05, 0.1) is 4.70 Å². The third-order valence-corrected chi connectivity index (χ3v) is 12.8. The van der Waals surface area contributed by atoms with Crippen LogP contribution in [-0.4, -0.2) is 24.6 Å². The molecule has 2 N–H and O–H groups in total. The van der Waals surface area contributed by atoms with Crippen LogP contribution in [0.2, 0.25) is 0 Å². The van der Waals surface area contributed by atoms with Crippen LogP contribution in [0.15, 0.2) is 56.5 Å². The van der Waals surface area contributed by atoms with Gasteiger partial charge in [0.2, 0.25) is 4.21 Å². The van der Waals surface area contributed by atoms with Crippen LogP contribution in [0, 0.1) is 13.8 Å². The standard InChI is InChI=1S/C30H25BrO6S3/c1-15-16(2)39-28-24(15)25(19-9-5-6-10-20(19)26(28)31)18-11-12-23(21(13-18)17-7-3-4-8-17)37-40(35,36)30-27(32)22(14-38-30)29(33)34/h5-6,9-14,17,32H,3-4,7-8H2,1-2H3,(H,33,34). The minimum atomic E-state index is -4.46. The molecule has 10 heteroatoms. The van der Waals surface area contributed by atoms with Crippen molar-refractivity contribution < 1.29 is 27.6 Å². The van der Waals surface area contributed by atoms with E-state index in [9.17, 15) is 23.4 Å². The largest absolute Gasteiger partial charge is 0.505 e. The summed E-state index contributed by atoms with van der Waals surface area (Å²) >= 11 is 6.24. The summed E-state index contributed by atoms with van der Waals surface area (Å²) < 4.78 is 33.9. The van der Waals surface area contributed by atoms with E-state index in [0.29, 0.717) is 11.3 Å². The number of fused-ring (bicyclic) bond motifs is 2. The summed E-state index contributed by atoms with van der Waals surface area (Å²) in [5.74, 6) is -1.88. The first-order valence-corrected chi connectivity index (χ1v) is 16.7. The first-order chi connectivity index (χ1) is 19.1. The highest BCUT2D eigenvalue weighted by atomic mass is 79.9. The number of carboxylic acids is 1. The van der Waals surface area contributed by atoms with E-state index < -0.39 is 31.6 Å². The van der Waals surface area contributed by atoms with Gasteiger partial charge in [-0.15, -0.1) is 22.7 Å². The summed E-state index contributed by atoms with van der Waals surface area (Å²) in [6, 6.07) is 13.9. The molecule has 1 aliphatic carbocycles. The molecule has 6 nitrogen and oxygen atoms in total. The number of halogens is 1. The summed E-state index contributed by atoms with van der Waals surface area (Å²) in [4.78, 5) is 12.6. The molecule has 40 heavy (non-hydrogen) atoms. The SMILES string of the molecule is Cc1sc2c(Br)c3ccccc3c(-c3ccc(OS(=O)(=O)c4scc(C(=O)O)c4O)c(C4CCCC4)c3)c2c1C. The molecule has 2 heterocycles. The number of rotatable bonds is 6. The first-order valence-electron chi connectivity index (χ1n) is 12.8. The third kappa shape index (κ3) is 4.41. The summed E-state index contributed by atoms with van der Waals surface area (Å²) in [6.45, 7) is 4.27. The van der Waals surface area contributed by atoms with E-state index in [1.807, 2.05) is 18.2 Å². The minimum absolute atomic E-state index is 0.124. The maximum atomic E-state index is 13.2. The van der Waals surface area contributed by atoms with Gasteiger partial charge in [0.25, 0.3) is 0 Å². The van der Waals surface area contributed by atoms with Crippen molar-refractivity contribution in [3.05, 3.63) is 73.9 Å². The van der Waals surface area contributed by atoms with Gasteiger partial charge < -0.3 is 14.4 Å². The van der Waals surface area contributed by atoms with E-state index in [4.69, 9.17) is 4.18 Å². The fourth-order valence-electron chi connectivity index (χ4n) is 5.69. The number of carboxylic acid groups (broad SMARTS) is 1. The van der Waals surface area contributed by atoms with Crippen LogP contribution in [0.4, 0.5) is 0 Å². The highest BCUT2D eigenvalue weighted by Crippen LogP contribution is 2.49. The molecular formula is C30H25BrO6S3. The Labute approximate surface area is 248 Å². The predicted molar refractivity (Wildman–Crippen MR) is 164 cm³/mol. The predicted octanol–water partition coefficient (Wildman–Crippen LogP) is 8.99. The molecule has 0 radical (unpaired) electrons. The van der Waals surface area contributed by atoms with Crippen molar-refractivity contribution in [1.29, 1.82) is 0 Å². The molecule has 0 atom stereocenters. The van der Waals surface area contributed by atoms with Crippen LogP contribution in [0.5, 0.6) is 11.5 Å². The fourth-order valence-corrected chi connectivity index (χ4v) is 9.78. The lowest BCUT2D eigenvalue weighted by molar-refractivity contribution is 0.0694. The van der Waals surface area contributed by atoms with Crippen LogP contribution < -0.4 is 4.18 Å². The molecule has 1 saturated carbocycles.